The Bertz CT molecular complexity index is 1110. The van der Waals surface area contributed by atoms with E-state index in [1.54, 1.807) is 18.8 Å². The molecule has 0 saturated heterocycles. The molecule has 6 heteroatoms. The van der Waals surface area contributed by atoms with Gasteiger partial charge in [-0.25, -0.2) is 9.67 Å². The van der Waals surface area contributed by atoms with Gasteiger partial charge >= 0.3 is 0 Å². The molecule has 0 aliphatic heterocycles. The number of para-hydroxylation sites is 1. The molecule has 2 heterocycles. The number of hydrogen-bond donors (Lipinski definition) is 1. The zero-order valence-electron chi connectivity index (χ0n) is 13.9. The van der Waals surface area contributed by atoms with Crippen molar-refractivity contribution in [3.63, 3.8) is 0 Å². The van der Waals surface area contributed by atoms with E-state index in [1.165, 1.54) is 0 Å². The van der Waals surface area contributed by atoms with Gasteiger partial charge in [-0.15, -0.1) is 0 Å². The van der Waals surface area contributed by atoms with Gasteiger partial charge in [-0.2, -0.15) is 5.10 Å². The maximum atomic E-state index is 12.8. The second-order valence-corrected chi connectivity index (χ2v) is 5.65. The molecule has 0 spiro atoms. The standard InChI is InChI=1S/C19H16N4O2/c1-23-18-15(16(22-23)12-8-4-3-5-9-12)19(24)21-17(20-18)13-10-6-7-11-14(13)25-2/h3-11H,1-2H3,(H,20,21,24). The topological polar surface area (TPSA) is 72.8 Å². The van der Waals surface area contributed by atoms with E-state index < -0.39 is 0 Å². The molecule has 25 heavy (non-hydrogen) atoms. The van der Waals surface area contributed by atoms with Crippen LogP contribution in [0.4, 0.5) is 0 Å². The van der Waals surface area contributed by atoms with Gasteiger partial charge in [0.15, 0.2) is 5.65 Å². The van der Waals surface area contributed by atoms with Crippen molar-refractivity contribution < 1.29 is 4.74 Å². The summed E-state index contributed by atoms with van der Waals surface area (Å²) in [6, 6.07) is 17.1. The highest BCUT2D eigenvalue weighted by Gasteiger charge is 2.18. The summed E-state index contributed by atoms with van der Waals surface area (Å²) in [5.41, 5.74) is 2.54. The molecule has 0 aliphatic rings. The van der Waals surface area contributed by atoms with Gasteiger partial charge in [-0.05, 0) is 12.1 Å². The van der Waals surface area contributed by atoms with Crippen LogP contribution in [-0.4, -0.2) is 26.9 Å². The van der Waals surface area contributed by atoms with Crippen molar-refractivity contribution in [2.75, 3.05) is 7.11 Å². The number of ether oxygens (including phenoxy) is 1. The lowest BCUT2D eigenvalue weighted by molar-refractivity contribution is 0.416. The highest BCUT2D eigenvalue weighted by molar-refractivity contribution is 5.91. The highest BCUT2D eigenvalue weighted by atomic mass is 16.5. The minimum Gasteiger partial charge on any atom is -0.496 e. The predicted molar refractivity (Wildman–Crippen MR) is 96.6 cm³/mol. The van der Waals surface area contributed by atoms with E-state index >= 15 is 0 Å². The first-order valence-corrected chi connectivity index (χ1v) is 7.85. The molecular formula is C19H16N4O2. The average molecular weight is 332 g/mol. The number of H-pyrrole nitrogens is 1. The molecule has 0 fully saturated rings. The number of aryl methyl sites for hydroxylation is 1. The van der Waals surface area contributed by atoms with E-state index in [0.717, 1.165) is 11.1 Å². The van der Waals surface area contributed by atoms with Gasteiger partial charge in [0.2, 0.25) is 0 Å². The van der Waals surface area contributed by atoms with Crippen LogP contribution in [0, 0.1) is 0 Å². The van der Waals surface area contributed by atoms with E-state index in [0.29, 0.717) is 28.3 Å². The van der Waals surface area contributed by atoms with Gasteiger partial charge in [0, 0.05) is 12.6 Å². The molecule has 0 bridgehead atoms. The van der Waals surface area contributed by atoms with Gasteiger partial charge in [0.05, 0.1) is 12.7 Å². The number of fused-ring (bicyclic) bond motifs is 1. The summed E-state index contributed by atoms with van der Waals surface area (Å²) < 4.78 is 7.00. The maximum Gasteiger partial charge on any atom is 0.262 e. The van der Waals surface area contributed by atoms with Crippen molar-refractivity contribution in [1.82, 2.24) is 19.7 Å². The summed E-state index contributed by atoms with van der Waals surface area (Å²) in [6.45, 7) is 0. The second kappa shape index (κ2) is 5.90. The third kappa shape index (κ3) is 2.48. The Hall–Kier alpha value is -3.41. The molecular weight excluding hydrogens is 316 g/mol. The van der Waals surface area contributed by atoms with Gasteiger partial charge < -0.3 is 9.72 Å². The molecule has 0 aliphatic carbocycles. The van der Waals surface area contributed by atoms with Crippen LogP contribution in [0.15, 0.2) is 59.4 Å². The quantitative estimate of drug-likeness (QED) is 0.626. The smallest absolute Gasteiger partial charge is 0.262 e. The van der Waals surface area contributed by atoms with Crippen LogP contribution in [0.3, 0.4) is 0 Å². The first-order chi connectivity index (χ1) is 12.2. The molecule has 0 amide bonds. The zero-order chi connectivity index (χ0) is 17.4. The molecule has 0 saturated carbocycles. The molecule has 2 aromatic heterocycles. The van der Waals surface area contributed by atoms with Crippen LogP contribution >= 0.6 is 0 Å². The Kier molecular flexibility index (Phi) is 3.57. The number of aromatic amines is 1. The molecule has 2 aromatic carbocycles. The van der Waals surface area contributed by atoms with E-state index in [9.17, 15) is 4.79 Å². The summed E-state index contributed by atoms with van der Waals surface area (Å²) in [4.78, 5) is 20.3. The lowest BCUT2D eigenvalue weighted by atomic mass is 10.1. The Morgan fingerprint density at radius 2 is 1.76 bits per heavy atom. The third-order valence-corrected chi connectivity index (χ3v) is 4.10. The summed E-state index contributed by atoms with van der Waals surface area (Å²) in [5.74, 6) is 1.10. The molecule has 4 rings (SSSR count). The van der Waals surface area contributed by atoms with Gasteiger partial charge in [-0.1, -0.05) is 42.5 Å². The Morgan fingerprint density at radius 1 is 1.04 bits per heavy atom. The number of hydrogen-bond acceptors (Lipinski definition) is 4. The lowest BCUT2D eigenvalue weighted by Gasteiger charge is -2.07. The predicted octanol–water partition coefficient (Wildman–Crippen LogP) is 3.00. The molecule has 6 nitrogen and oxygen atoms in total. The van der Waals surface area contributed by atoms with Crippen molar-refractivity contribution in [2.45, 2.75) is 0 Å². The summed E-state index contributed by atoms with van der Waals surface area (Å²) >= 11 is 0. The molecule has 1 N–H and O–H groups in total. The fraction of sp³-hybridized carbons (Fsp3) is 0.105. The van der Waals surface area contributed by atoms with E-state index in [1.807, 2.05) is 54.6 Å². The minimum atomic E-state index is -0.224. The zero-order valence-corrected chi connectivity index (χ0v) is 13.9. The monoisotopic (exact) mass is 332 g/mol. The van der Waals surface area contributed by atoms with Crippen LogP contribution in [0.5, 0.6) is 5.75 Å². The lowest BCUT2D eigenvalue weighted by Crippen LogP contribution is -2.10. The van der Waals surface area contributed by atoms with Crippen molar-refractivity contribution >= 4 is 11.0 Å². The van der Waals surface area contributed by atoms with Gasteiger partial charge in [0.25, 0.3) is 5.56 Å². The van der Waals surface area contributed by atoms with E-state index in [-0.39, 0.29) is 5.56 Å². The van der Waals surface area contributed by atoms with Crippen molar-refractivity contribution in [3.8, 4) is 28.4 Å². The number of nitrogens with zero attached hydrogens (tertiary/aromatic N) is 3. The Morgan fingerprint density at radius 3 is 2.52 bits per heavy atom. The summed E-state index contributed by atoms with van der Waals surface area (Å²) in [7, 11) is 3.38. The molecule has 124 valence electrons. The van der Waals surface area contributed by atoms with Crippen molar-refractivity contribution in [2.24, 2.45) is 7.05 Å². The number of nitrogens with one attached hydrogen (secondary N) is 1. The summed E-state index contributed by atoms with van der Waals surface area (Å²) in [6.07, 6.45) is 0. The summed E-state index contributed by atoms with van der Waals surface area (Å²) in [5, 5.41) is 4.98. The van der Waals surface area contributed by atoms with Gasteiger partial charge in [-0.3, -0.25) is 4.79 Å². The molecule has 4 aromatic rings. The third-order valence-electron chi connectivity index (χ3n) is 4.10. The number of methoxy groups -OCH3 is 1. The first-order valence-electron chi connectivity index (χ1n) is 7.85. The van der Waals surface area contributed by atoms with Gasteiger partial charge in [0.1, 0.15) is 22.7 Å². The maximum absolute atomic E-state index is 12.8. The Labute approximate surface area is 143 Å². The Balaban J connectivity index is 1.99. The molecule has 0 atom stereocenters. The molecule has 0 radical (unpaired) electrons. The van der Waals surface area contributed by atoms with Crippen LogP contribution in [0.1, 0.15) is 0 Å². The minimum absolute atomic E-state index is 0.224. The van der Waals surface area contributed by atoms with E-state index in [4.69, 9.17) is 4.74 Å². The van der Waals surface area contributed by atoms with Crippen LogP contribution < -0.4 is 10.3 Å². The number of rotatable bonds is 3. The van der Waals surface area contributed by atoms with E-state index in [2.05, 4.69) is 15.1 Å². The molecule has 0 unspecified atom stereocenters. The first kappa shape index (κ1) is 15.1. The fourth-order valence-corrected chi connectivity index (χ4v) is 2.92. The van der Waals surface area contributed by atoms with Crippen LogP contribution in [0.2, 0.25) is 0 Å². The SMILES string of the molecule is COc1ccccc1-c1nc2c(c(-c3ccccc3)nn2C)c(=O)[nH]1. The van der Waals surface area contributed by atoms with Crippen molar-refractivity contribution in [3.05, 3.63) is 65.0 Å². The second-order valence-electron chi connectivity index (χ2n) is 5.65. The number of benzene rings is 2. The fourth-order valence-electron chi connectivity index (χ4n) is 2.92. The largest absolute Gasteiger partial charge is 0.496 e. The number of aromatic nitrogens is 4. The average Bonchev–Trinajstić information content (AvgIpc) is 3.00. The normalized spacial score (nSPS) is 11.0. The highest BCUT2D eigenvalue weighted by Crippen LogP contribution is 2.29. The van der Waals surface area contributed by atoms with Crippen LogP contribution in [-0.2, 0) is 7.05 Å². The van der Waals surface area contributed by atoms with Crippen LogP contribution in [0.25, 0.3) is 33.7 Å². The van der Waals surface area contributed by atoms with Crippen molar-refractivity contribution in [1.29, 1.82) is 0 Å².